The second-order valence-corrected chi connectivity index (χ2v) is 5.37. The lowest BCUT2D eigenvalue weighted by atomic mass is 10.7. The third kappa shape index (κ3) is 2.69. The normalized spacial score (nSPS) is 17.7. The first-order valence-electron chi connectivity index (χ1n) is 2.60. The van der Waals surface area contributed by atoms with Crippen LogP contribution in [0.4, 0.5) is 0 Å². The molecule has 0 fully saturated rings. The van der Waals surface area contributed by atoms with E-state index in [0.717, 1.165) is 11.8 Å². The van der Waals surface area contributed by atoms with Crippen LogP contribution >= 0.6 is 22.4 Å². The van der Waals surface area contributed by atoms with E-state index in [9.17, 15) is 8.42 Å². The Hall–Kier alpha value is -0.260. The Morgan fingerprint density at radius 1 is 1.55 bits per heavy atom. The van der Waals surface area contributed by atoms with Gasteiger partial charge in [-0.3, -0.25) is 4.99 Å². The van der Waals surface area contributed by atoms with E-state index in [1.165, 1.54) is 18.5 Å². The van der Waals surface area contributed by atoms with Crippen molar-refractivity contribution in [3.8, 4) is 0 Å². The Balaban J connectivity index is 2.99. The molecule has 0 aromatic rings. The minimum absolute atomic E-state index is 0.0941. The summed E-state index contributed by atoms with van der Waals surface area (Å²) in [6.07, 6.45) is 4.23. The summed E-state index contributed by atoms with van der Waals surface area (Å²) in [5.41, 5.74) is 0. The van der Waals surface area contributed by atoms with Gasteiger partial charge in [0.1, 0.15) is 4.24 Å². The summed E-state index contributed by atoms with van der Waals surface area (Å²) in [7, 11) is 1.48. The first-order chi connectivity index (χ1) is 5.11. The molecule has 1 aliphatic heterocycles. The van der Waals surface area contributed by atoms with E-state index >= 15 is 0 Å². The van der Waals surface area contributed by atoms with E-state index in [2.05, 4.69) is 4.99 Å². The Labute approximate surface area is 73.3 Å². The molecule has 3 nitrogen and oxygen atoms in total. The molecule has 0 N–H and O–H groups in total. The summed E-state index contributed by atoms with van der Waals surface area (Å²) in [5.74, 6) is 0. The van der Waals surface area contributed by atoms with Crippen LogP contribution in [0.1, 0.15) is 0 Å². The van der Waals surface area contributed by atoms with E-state index in [1.807, 2.05) is 0 Å². The molecule has 6 heteroatoms. The molecule has 0 aromatic heterocycles. The second kappa shape index (κ2) is 3.42. The Morgan fingerprint density at radius 3 is 2.91 bits per heavy atom. The zero-order chi connectivity index (χ0) is 8.32. The molecule has 0 aromatic carbocycles. The molecule has 0 spiro atoms. The monoisotopic (exact) mass is 209 g/mol. The predicted octanol–water partition coefficient (Wildman–Crippen LogP) is 1.69. The van der Waals surface area contributed by atoms with Gasteiger partial charge in [-0.05, 0) is 11.5 Å². The molecule has 1 rings (SSSR count). The lowest BCUT2D eigenvalue weighted by Gasteiger charge is -1.93. The van der Waals surface area contributed by atoms with E-state index in [0.29, 0.717) is 0 Å². The molecule has 0 amide bonds. The molecule has 0 bridgehead atoms. The minimum Gasteiger partial charge on any atom is -0.264 e. The van der Waals surface area contributed by atoms with Gasteiger partial charge in [-0.15, -0.1) is 0 Å². The number of thioether (sulfide) groups is 1. The molecule has 0 saturated carbocycles. The first kappa shape index (κ1) is 8.83. The van der Waals surface area contributed by atoms with E-state index in [4.69, 9.17) is 10.7 Å². The number of aliphatic imine (C=N–C) groups is 1. The number of hydrogen-bond donors (Lipinski definition) is 0. The third-order valence-electron chi connectivity index (χ3n) is 0.868. The van der Waals surface area contributed by atoms with Crippen LogP contribution < -0.4 is 0 Å². The fourth-order valence-corrected chi connectivity index (χ4v) is 2.20. The maximum Gasteiger partial charge on any atom is 0.267 e. The maximum atomic E-state index is 10.7. The van der Waals surface area contributed by atoms with Crippen LogP contribution in [0.15, 0.2) is 26.9 Å². The van der Waals surface area contributed by atoms with Gasteiger partial charge >= 0.3 is 0 Å². The van der Waals surface area contributed by atoms with Crippen molar-refractivity contribution in [2.45, 2.75) is 0 Å². The molecule has 11 heavy (non-hydrogen) atoms. The number of rotatable bonds is 1. The van der Waals surface area contributed by atoms with Crippen molar-refractivity contribution < 1.29 is 8.42 Å². The zero-order valence-electron chi connectivity index (χ0n) is 5.27. The number of nitrogens with zero attached hydrogens (tertiary/aromatic N) is 1. The average molecular weight is 210 g/mol. The van der Waals surface area contributed by atoms with Gasteiger partial charge in [0, 0.05) is 23.1 Å². The minimum atomic E-state index is -3.60. The SMILES string of the molecule is O=S(=O)(Cl)C1=CC=NC=CS1. The molecule has 60 valence electrons. The zero-order valence-corrected chi connectivity index (χ0v) is 7.66. The van der Waals surface area contributed by atoms with Crippen LogP contribution in [0.25, 0.3) is 0 Å². The number of allylic oxidation sites excluding steroid dienone is 1. The Bertz CT molecular complexity index is 328. The highest BCUT2D eigenvalue weighted by Gasteiger charge is 2.12. The number of hydrogen-bond acceptors (Lipinski definition) is 4. The summed E-state index contributed by atoms with van der Waals surface area (Å²) in [6.45, 7) is 0. The van der Waals surface area contributed by atoms with Crippen molar-refractivity contribution in [1.82, 2.24) is 0 Å². The molecule has 0 saturated heterocycles. The highest BCUT2D eigenvalue weighted by Crippen LogP contribution is 2.26. The van der Waals surface area contributed by atoms with E-state index in [1.54, 1.807) is 5.41 Å². The van der Waals surface area contributed by atoms with Crippen molar-refractivity contribution in [3.05, 3.63) is 21.9 Å². The third-order valence-corrected chi connectivity index (χ3v) is 3.83. The maximum absolute atomic E-state index is 10.7. The van der Waals surface area contributed by atoms with Crippen molar-refractivity contribution in [2.24, 2.45) is 4.99 Å². The van der Waals surface area contributed by atoms with Gasteiger partial charge in [0.2, 0.25) is 0 Å². The van der Waals surface area contributed by atoms with Crippen LogP contribution in [0.2, 0.25) is 0 Å². The summed E-state index contributed by atoms with van der Waals surface area (Å²) in [5, 5.41) is 1.55. The van der Waals surface area contributed by atoms with Gasteiger partial charge in [0.05, 0.1) is 0 Å². The molecule has 0 radical (unpaired) electrons. The lowest BCUT2D eigenvalue weighted by Crippen LogP contribution is -1.89. The quantitative estimate of drug-likeness (QED) is 0.618. The fraction of sp³-hybridized carbons (Fsp3) is 0. The average Bonchev–Trinajstić information content (AvgIpc) is 2.10. The summed E-state index contributed by atoms with van der Waals surface area (Å²) < 4.78 is 21.5. The molecule has 0 unspecified atom stereocenters. The van der Waals surface area contributed by atoms with Crippen molar-refractivity contribution in [3.63, 3.8) is 0 Å². The fourth-order valence-electron chi connectivity index (χ4n) is 0.464. The van der Waals surface area contributed by atoms with Crippen LogP contribution in [0.5, 0.6) is 0 Å². The molecule has 0 atom stereocenters. The van der Waals surface area contributed by atoms with Crippen molar-refractivity contribution in [2.75, 3.05) is 0 Å². The van der Waals surface area contributed by atoms with Gasteiger partial charge in [0.25, 0.3) is 9.05 Å². The van der Waals surface area contributed by atoms with Crippen molar-refractivity contribution in [1.29, 1.82) is 0 Å². The van der Waals surface area contributed by atoms with Crippen LogP contribution in [-0.2, 0) is 9.05 Å². The molecular weight excluding hydrogens is 206 g/mol. The lowest BCUT2D eigenvalue weighted by molar-refractivity contribution is 0.616. The Kier molecular flexibility index (Phi) is 2.75. The van der Waals surface area contributed by atoms with Gasteiger partial charge in [-0.25, -0.2) is 8.42 Å². The standard InChI is InChI=1S/C5H4ClNO2S2/c6-11(8,9)5-1-2-7-3-4-10-5/h1-4H. The summed E-state index contributed by atoms with van der Waals surface area (Å²) in [4.78, 5) is 3.71. The van der Waals surface area contributed by atoms with Crippen LogP contribution in [0.3, 0.4) is 0 Å². The second-order valence-electron chi connectivity index (χ2n) is 1.62. The molecule has 1 aliphatic rings. The predicted molar refractivity (Wildman–Crippen MR) is 48.1 cm³/mol. The molecular formula is C5H4ClNO2S2. The van der Waals surface area contributed by atoms with Gasteiger partial charge in [0.15, 0.2) is 0 Å². The highest BCUT2D eigenvalue weighted by molar-refractivity contribution is 8.29. The summed E-state index contributed by atoms with van der Waals surface area (Å²) >= 11 is 1.03. The number of halogens is 1. The van der Waals surface area contributed by atoms with E-state index in [-0.39, 0.29) is 4.24 Å². The molecule has 0 aliphatic carbocycles. The van der Waals surface area contributed by atoms with Gasteiger partial charge in [-0.2, -0.15) is 0 Å². The Morgan fingerprint density at radius 2 is 2.27 bits per heavy atom. The van der Waals surface area contributed by atoms with Gasteiger partial charge < -0.3 is 0 Å². The first-order valence-corrected chi connectivity index (χ1v) is 5.79. The van der Waals surface area contributed by atoms with Crippen LogP contribution in [-0.4, -0.2) is 14.6 Å². The van der Waals surface area contributed by atoms with Gasteiger partial charge in [-0.1, -0.05) is 11.8 Å². The molecule has 1 heterocycles. The van der Waals surface area contributed by atoms with Crippen molar-refractivity contribution >= 4 is 37.7 Å². The largest absolute Gasteiger partial charge is 0.267 e. The smallest absolute Gasteiger partial charge is 0.264 e. The van der Waals surface area contributed by atoms with Crippen LogP contribution in [0, 0.1) is 0 Å². The topological polar surface area (TPSA) is 46.5 Å². The van der Waals surface area contributed by atoms with E-state index < -0.39 is 9.05 Å². The summed E-state index contributed by atoms with van der Waals surface area (Å²) in [6, 6.07) is 0. The highest BCUT2D eigenvalue weighted by atomic mass is 35.7.